The zero-order chi connectivity index (χ0) is 16.2. The second kappa shape index (κ2) is 3.59. The van der Waals surface area contributed by atoms with E-state index in [4.69, 9.17) is 12.6 Å². The van der Waals surface area contributed by atoms with Crippen molar-refractivity contribution in [2.45, 2.75) is 0 Å². The van der Waals surface area contributed by atoms with E-state index in [0.29, 0.717) is 17.1 Å². The molecule has 1 aromatic carbocycles. The molecule has 0 saturated carbocycles. The number of nitrogen functional groups attached to an aromatic ring is 1. The Labute approximate surface area is 106 Å². The standard InChI is InChI=1S/C13H12N4/c1-17-12-11(16-13(17)14)8-7-10(15-12)9-5-3-2-4-6-9/h2-8H,1H3,(H2,14,16)/i2D,3D,4D,5D,6D. The Morgan fingerprint density at radius 3 is 2.71 bits per heavy atom. The topological polar surface area (TPSA) is 56.7 Å². The van der Waals surface area contributed by atoms with Crippen molar-refractivity contribution in [1.82, 2.24) is 14.5 Å². The molecule has 0 aliphatic rings. The maximum Gasteiger partial charge on any atom is 0.202 e. The molecule has 0 bridgehead atoms. The lowest BCUT2D eigenvalue weighted by Gasteiger charge is -2.01. The van der Waals surface area contributed by atoms with E-state index in [1.165, 1.54) is 0 Å². The van der Waals surface area contributed by atoms with Gasteiger partial charge in [0.2, 0.25) is 5.95 Å². The van der Waals surface area contributed by atoms with Gasteiger partial charge in [-0.1, -0.05) is 30.2 Å². The minimum absolute atomic E-state index is 0.0627. The van der Waals surface area contributed by atoms with Crippen LogP contribution in [0.3, 0.4) is 0 Å². The van der Waals surface area contributed by atoms with Crippen molar-refractivity contribution >= 4 is 17.1 Å². The van der Waals surface area contributed by atoms with Crippen LogP contribution in [0.4, 0.5) is 5.95 Å². The quantitative estimate of drug-likeness (QED) is 0.696. The fraction of sp³-hybridized carbons (Fsp3) is 0.0769. The molecule has 3 rings (SSSR count). The first kappa shape index (κ1) is 5.82. The first-order valence-corrected chi connectivity index (χ1v) is 4.99. The van der Waals surface area contributed by atoms with Gasteiger partial charge in [-0.05, 0) is 12.1 Å². The smallest absolute Gasteiger partial charge is 0.202 e. The number of aromatic nitrogens is 3. The molecular weight excluding hydrogens is 212 g/mol. The monoisotopic (exact) mass is 229 g/mol. The van der Waals surface area contributed by atoms with Gasteiger partial charge < -0.3 is 5.73 Å². The van der Waals surface area contributed by atoms with Crippen molar-refractivity contribution in [2.75, 3.05) is 5.73 Å². The van der Waals surface area contributed by atoms with Gasteiger partial charge in [-0.15, -0.1) is 0 Å². The van der Waals surface area contributed by atoms with Crippen LogP contribution < -0.4 is 5.73 Å². The molecule has 2 aromatic heterocycles. The van der Waals surface area contributed by atoms with Crippen molar-refractivity contribution in [3.05, 3.63) is 42.3 Å². The molecule has 0 atom stereocenters. The maximum atomic E-state index is 7.98. The molecule has 2 heterocycles. The fourth-order valence-corrected chi connectivity index (χ4v) is 1.60. The van der Waals surface area contributed by atoms with Gasteiger partial charge >= 0.3 is 0 Å². The Bertz CT molecular complexity index is 890. The summed E-state index contributed by atoms with van der Waals surface area (Å²) in [5.41, 5.74) is 7.14. The Hall–Kier alpha value is -2.36. The third-order valence-electron chi connectivity index (χ3n) is 2.51. The van der Waals surface area contributed by atoms with E-state index in [2.05, 4.69) is 9.97 Å². The third-order valence-corrected chi connectivity index (χ3v) is 2.51. The summed E-state index contributed by atoms with van der Waals surface area (Å²) in [4.78, 5) is 8.47. The van der Waals surface area contributed by atoms with Gasteiger partial charge in [-0.25, -0.2) is 9.97 Å². The van der Waals surface area contributed by atoms with Gasteiger partial charge in [0, 0.05) is 12.6 Å². The molecule has 0 spiro atoms. The number of imidazole rings is 1. The SMILES string of the molecule is [2H]c1c([2H])c([2H])c(-c2ccc3nc(N)n(C)c3n2)c([2H])c1[2H]. The van der Waals surface area contributed by atoms with Crippen LogP contribution in [-0.2, 0) is 7.05 Å². The summed E-state index contributed by atoms with van der Waals surface area (Å²) in [6, 6.07) is 1.47. The van der Waals surface area contributed by atoms with Crippen LogP contribution in [0.25, 0.3) is 22.4 Å². The van der Waals surface area contributed by atoms with Crippen LogP contribution in [0.1, 0.15) is 6.85 Å². The van der Waals surface area contributed by atoms with Crippen molar-refractivity contribution in [2.24, 2.45) is 7.05 Å². The first-order chi connectivity index (χ1) is 10.3. The van der Waals surface area contributed by atoms with Gasteiger partial charge in [0.05, 0.1) is 12.5 Å². The van der Waals surface area contributed by atoms with Gasteiger partial charge in [-0.3, -0.25) is 4.57 Å². The average Bonchev–Trinajstić information content (AvgIpc) is 2.78. The minimum atomic E-state index is -0.426. The Morgan fingerprint density at radius 2 is 1.94 bits per heavy atom. The zero-order valence-electron chi connectivity index (χ0n) is 14.1. The number of nitrogens with zero attached hydrogens (tertiary/aromatic N) is 3. The molecular formula is C13H12N4. The van der Waals surface area contributed by atoms with Crippen molar-refractivity contribution in [3.63, 3.8) is 0 Å². The van der Waals surface area contributed by atoms with Gasteiger partial charge in [0.25, 0.3) is 0 Å². The summed E-state index contributed by atoms with van der Waals surface area (Å²) >= 11 is 0. The lowest BCUT2D eigenvalue weighted by Crippen LogP contribution is -1.97. The summed E-state index contributed by atoms with van der Waals surface area (Å²) < 4.78 is 40.6. The largest absolute Gasteiger partial charge is 0.369 e. The Morgan fingerprint density at radius 1 is 1.18 bits per heavy atom. The molecule has 3 aromatic rings. The normalized spacial score (nSPS) is 15.0. The highest BCUT2D eigenvalue weighted by Crippen LogP contribution is 2.21. The number of fused-ring (bicyclic) bond motifs is 1. The fourth-order valence-electron chi connectivity index (χ4n) is 1.60. The molecule has 0 radical (unpaired) electrons. The highest BCUT2D eigenvalue weighted by Gasteiger charge is 2.07. The lowest BCUT2D eigenvalue weighted by atomic mass is 10.1. The molecule has 0 fully saturated rings. The van der Waals surface area contributed by atoms with Crippen molar-refractivity contribution < 1.29 is 6.85 Å². The van der Waals surface area contributed by atoms with Crippen molar-refractivity contribution in [3.8, 4) is 11.3 Å². The number of anilines is 1. The molecule has 4 nitrogen and oxygen atoms in total. The van der Waals surface area contributed by atoms with Crippen LogP contribution >= 0.6 is 0 Å². The first-order valence-electron chi connectivity index (χ1n) is 7.49. The van der Waals surface area contributed by atoms with Crippen LogP contribution in [0.5, 0.6) is 0 Å². The average molecular weight is 229 g/mol. The summed E-state index contributed by atoms with van der Waals surface area (Å²) in [5.74, 6) is 0.292. The molecule has 17 heavy (non-hydrogen) atoms. The summed E-state index contributed by atoms with van der Waals surface area (Å²) in [5, 5.41) is 0. The maximum absolute atomic E-state index is 7.98. The summed E-state index contributed by atoms with van der Waals surface area (Å²) in [6.45, 7) is 0. The van der Waals surface area contributed by atoms with E-state index in [1.54, 1.807) is 23.7 Å². The van der Waals surface area contributed by atoms with E-state index in [-0.39, 0.29) is 35.4 Å². The predicted octanol–water partition coefficient (Wildman–Crippen LogP) is 2.22. The second-order valence-corrected chi connectivity index (χ2v) is 3.57. The van der Waals surface area contributed by atoms with Crippen molar-refractivity contribution in [1.29, 1.82) is 0 Å². The number of aryl methyl sites for hydroxylation is 1. The predicted molar refractivity (Wildman–Crippen MR) is 68.4 cm³/mol. The molecule has 0 amide bonds. The Balaban J connectivity index is 2.35. The number of rotatable bonds is 1. The molecule has 0 aliphatic heterocycles. The highest BCUT2D eigenvalue weighted by atomic mass is 15.2. The molecule has 2 N–H and O–H groups in total. The number of hydrogen-bond acceptors (Lipinski definition) is 3. The molecule has 0 aliphatic carbocycles. The van der Waals surface area contributed by atoms with E-state index in [9.17, 15) is 0 Å². The van der Waals surface area contributed by atoms with E-state index in [1.807, 2.05) is 0 Å². The van der Waals surface area contributed by atoms with E-state index < -0.39 is 6.04 Å². The van der Waals surface area contributed by atoms with Crippen LogP contribution in [-0.4, -0.2) is 14.5 Å². The van der Waals surface area contributed by atoms with Crippen LogP contribution in [0, 0.1) is 0 Å². The molecule has 0 saturated heterocycles. The lowest BCUT2D eigenvalue weighted by molar-refractivity contribution is 0.948. The number of pyridine rings is 1. The molecule has 4 heteroatoms. The Kier molecular flexibility index (Phi) is 1.23. The highest BCUT2D eigenvalue weighted by molar-refractivity contribution is 5.77. The van der Waals surface area contributed by atoms with Gasteiger partial charge in [0.1, 0.15) is 5.52 Å². The van der Waals surface area contributed by atoms with E-state index >= 15 is 0 Å². The van der Waals surface area contributed by atoms with Crippen LogP contribution in [0.15, 0.2) is 42.3 Å². The van der Waals surface area contributed by atoms with Gasteiger partial charge in [0.15, 0.2) is 5.65 Å². The summed E-state index contributed by atoms with van der Waals surface area (Å²) in [7, 11) is 1.70. The summed E-state index contributed by atoms with van der Waals surface area (Å²) in [6.07, 6.45) is 0. The van der Waals surface area contributed by atoms with Crippen LogP contribution in [0.2, 0.25) is 0 Å². The molecule has 84 valence electrons. The van der Waals surface area contributed by atoms with Gasteiger partial charge in [-0.2, -0.15) is 0 Å². The third kappa shape index (κ3) is 1.54. The molecule has 0 unspecified atom stereocenters. The minimum Gasteiger partial charge on any atom is -0.369 e. The number of hydrogen-bond donors (Lipinski definition) is 1. The number of nitrogens with two attached hydrogens (primary N) is 1. The zero-order valence-corrected chi connectivity index (χ0v) is 9.07. The number of benzene rings is 1. The van der Waals surface area contributed by atoms with E-state index in [0.717, 1.165) is 0 Å². The second-order valence-electron chi connectivity index (χ2n) is 3.57.